The lowest BCUT2D eigenvalue weighted by molar-refractivity contribution is 0.0769. The fourth-order valence-corrected chi connectivity index (χ4v) is 5.13. The number of carbonyl (C=O) groups excluding carboxylic acids is 1. The van der Waals surface area contributed by atoms with Gasteiger partial charge < -0.3 is 16.0 Å². The molecule has 0 aliphatic carbocycles. The zero-order valence-electron chi connectivity index (χ0n) is 23.3. The van der Waals surface area contributed by atoms with Crippen LogP contribution >= 0.6 is 0 Å². The fourth-order valence-electron chi connectivity index (χ4n) is 5.13. The number of nitrogens with one attached hydrogen (secondary N) is 3. The van der Waals surface area contributed by atoms with E-state index in [0.29, 0.717) is 53.6 Å². The third kappa shape index (κ3) is 6.73. The van der Waals surface area contributed by atoms with E-state index in [1.54, 1.807) is 35.5 Å². The number of benzene rings is 1. The van der Waals surface area contributed by atoms with Gasteiger partial charge in [-0.3, -0.25) is 14.7 Å². The molecule has 1 amide bonds. The molecule has 0 bridgehead atoms. The van der Waals surface area contributed by atoms with Gasteiger partial charge in [0.1, 0.15) is 12.1 Å². The zero-order valence-corrected chi connectivity index (χ0v) is 23.3. The van der Waals surface area contributed by atoms with Crippen molar-refractivity contribution in [2.24, 2.45) is 0 Å². The number of halogens is 3. The van der Waals surface area contributed by atoms with Gasteiger partial charge in [-0.25, -0.2) is 33.1 Å². The monoisotopic (exact) mass is 579 g/mol. The second kappa shape index (κ2) is 13.1. The van der Waals surface area contributed by atoms with Crippen LogP contribution in [0.3, 0.4) is 0 Å². The smallest absolute Gasteiger partial charge is 0.254 e. The van der Waals surface area contributed by atoms with Crippen molar-refractivity contribution < 1.29 is 18.0 Å². The summed E-state index contributed by atoms with van der Waals surface area (Å²) < 4.78 is 39.6. The van der Waals surface area contributed by atoms with Gasteiger partial charge in [-0.1, -0.05) is 25.1 Å². The van der Waals surface area contributed by atoms with Crippen molar-refractivity contribution in [3.05, 3.63) is 66.1 Å². The van der Waals surface area contributed by atoms with Gasteiger partial charge in [0.2, 0.25) is 5.95 Å². The highest BCUT2D eigenvalue weighted by Crippen LogP contribution is 2.28. The van der Waals surface area contributed by atoms with E-state index in [-0.39, 0.29) is 24.1 Å². The number of rotatable bonds is 10. The number of hydrogen-bond acceptors (Lipinski definition) is 9. The predicted molar refractivity (Wildman–Crippen MR) is 154 cm³/mol. The van der Waals surface area contributed by atoms with Gasteiger partial charge in [-0.2, -0.15) is 0 Å². The Labute approximate surface area is 241 Å². The van der Waals surface area contributed by atoms with E-state index in [9.17, 15) is 18.0 Å². The first-order valence-corrected chi connectivity index (χ1v) is 13.8. The molecule has 4 aromatic rings. The topological polar surface area (TPSA) is 121 Å². The maximum absolute atomic E-state index is 14.4. The van der Waals surface area contributed by atoms with Gasteiger partial charge in [-0.05, 0) is 18.4 Å². The number of piperidine rings is 1. The highest BCUT2D eigenvalue weighted by molar-refractivity contribution is 6.06. The quantitative estimate of drug-likeness (QED) is 0.252. The summed E-state index contributed by atoms with van der Waals surface area (Å²) in [6, 6.07) is 7.33. The number of amides is 1. The Kier molecular flexibility index (Phi) is 9.06. The average Bonchev–Trinajstić information content (AvgIpc) is 3.00. The van der Waals surface area contributed by atoms with Crippen LogP contribution in [0.4, 0.5) is 24.9 Å². The third-order valence-electron chi connectivity index (χ3n) is 7.39. The normalized spacial score (nSPS) is 15.1. The van der Waals surface area contributed by atoms with E-state index in [1.807, 2.05) is 13.0 Å². The van der Waals surface area contributed by atoms with E-state index in [4.69, 9.17) is 0 Å². The molecule has 1 fully saturated rings. The number of hydrogen-bond donors (Lipinski definition) is 3. The number of pyridine rings is 1. The Morgan fingerprint density at radius 2 is 1.83 bits per heavy atom. The summed E-state index contributed by atoms with van der Waals surface area (Å²) in [6.07, 6.45) is 5.08. The predicted octanol–water partition coefficient (Wildman–Crippen LogP) is 4.34. The number of carbonyl (C=O) groups is 1. The molecule has 220 valence electrons. The number of likely N-dealkylation sites (tertiary alicyclic amines) is 1. The first-order valence-electron chi connectivity index (χ1n) is 13.8. The number of fused-ring (bicyclic) bond motifs is 1. The number of anilines is 2. The Morgan fingerprint density at radius 1 is 1.07 bits per heavy atom. The van der Waals surface area contributed by atoms with E-state index < -0.39 is 18.1 Å². The van der Waals surface area contributed by atoms with Crippen molar-refractivity contribution in [1.29, 1.82) is 0 Å². The number of aromatic nitrogens is 5. The molecule has 1 atom stereocenters. The van der Waals surface area contributed by atoms with Crippen LogP contribution in [0.25, 0.3) is 22.2 Å². The highest BCUT2D eigenvalue weighted by Gasteiger charge is 2.22. The Morgan fingerprint density at radius 3 is 2.55 bits per heavy atom. The minimum atomic E-state index is -2.31. The molecule has 4 heterocycles. The molecular formula is C29H32F3N9O. The second-order valence-corrected chi connectivity index (χ2v) is 10.3. The van der Waals surface area contributed by atoms with Gasteiger partial charge >= 0.3 is 0 Å². The minimum absolute atomic E-state index is 0.0244. The van der Waals surface area contributed by atoms with Crippen molar-refractivity contribution in [3.8, 4) is 11.3 Å². The fraction of sp³-hybridized carbons (Fsp3) is 0.379. The molecule has 3 N–H and O–H groups in total. The first kappa shape index (κ1) is 29.1. The van der Waals surface area contributed by atoms with Crippen molar-refractivity contribution in [3.63, 3.8) is 0 Å². The molecule has 5 rings (SSSR count). The molecule has 0 unspecified atom stereocenters. The summed E-state index contributed by atoms with van der Waals surface area (Å²) in [7, 11) is 1.46. The molecule has 0 spiro atoms. The molecule has 10 nitrogen and oxygen atoms in total. The summed E-state index contributed by atoms with van der Waals surface area (Å²) in [6.45, 7) is 3.55. The Bertz CT molecular complexity index is 1530. The van der Waals surface area contributed by atoms with E-state index in [2.05, 4.69) is 40.9 Å². The van der Waals surface area contributed by atoms with Crippen molar-refractivity contribution in [2.45, 2.75) is 38.2 Å². The van der Waals surface area contributed by atoms with Crippen LogP contribution in [0.5, 0.6) is 0 Å². The number of alkyl halides is 2. The molecule has 1 aliphatic rings. The molecule has 0 radical (unpaired) electrons. The lowest BCUT2D eigenvalue weighted by Crippen LogP contribution is -2.41. The highest BCUT2D eigenvalue weighted by atomic mass is 19.3. The second-order valence-electron chi connectivity index (χ2n) is 10.3. The van der Waals surface area contributed by atoms with Gasteiger partial charge in [0, 0.05) is 68.1 Å². The molecule has 13 heteroatoms. The van der Waals surface area contributed by atoms with Crippen LogP contribution in [-0.4, -0.2) is 81.4 Å². The van der Waals surface area contributed by atoms with Crippen LogP contribution in [0.1, 0.15) is 41.6 Å². The molecule has 1 aliphatic heterocycles. The van der Waals surface area contributed by atoms with Crippen LogP contribution < -0.4 is 16.0 Å². The Hall–Kier alpha value is -4.39. The third-order valence-corrected chi connectivity index (χ3v) is 7.39. The van der Waals surface area contributed by atoms with Gasteiger partial charge in [0.15, 0.2) is 5.82 Å². The largest absolute Gasteiger partial charge is 0.369 e. The van der Waals surface area contributed by atoms with E-state index in [1.165, 1.54) is 13.4 Å². The standard InChI is InChI=1S/C29H32F3N9O/c1-17(20-4-3-5-21-26(28(42)33-2)22(30)14-35-27(20)21)11-34-25-10-23(38-16-39-25)18-12-36-29(37-13-18)40-19-6-8-41(9-7-19)15-24(31)32/h3-5,10,12-14,16-17,19,24H,6-9,11,15H2,1-2H3,(H,33,42)(H,34,38,39)(H,36,37,40)/t17-/m1/s1. The lowest BCUT2D eigenvalue weighted by Gasteiger charge is -2.31. The van der Waals surface area contributed by atoms with Gasteiger partial charge in [-0.15, -0.1) is 0 Å². The first-order chi connectivity index (χ1) is 20.3. The van der Waals surface area contributed by atoms with Crippen molar-refractivity contribution >= 4 is 28.6 Å². The molecule has 42 heavy (non-hydrogen) atoms. The van der Waals surface area contributed by atoms with Gasteiger partial charge in [0.25, 0.3) is 12.3 Å². The van der Waals surface area contributed by atoms with Crippen molar-refractivity contribution in [1.82, 2.24) is 35.1 Å². The maximum Gasteiger partial charge on any atom is 0.254 e. The van der Waals surface area contributed by atoms with E-state index in [0.717, 1.165) is 24.6 Å². The average molecular weight is 580 g/mol. The number of nitrogens with zero attached hydrogens (tertiary/aromatic N) is 6. The molecular weight excluding hydrogens is 547 g/mol. The summed E-state index contributed by atoms with van der Waals surface area (Å²) in [4.78, 5) is 35.9. The Balaban J connectivity index is 1.22. The summed E-state index contributed by atoms with van der Waals surface area (Å²) in [5, 5.41) is 9.56. The SMILES string of the molecule is CNC(=O)c1c(F)cnc2c([C@H](C)CNc3cc(-c4cnc(NC5CCN(CC(F)F)CC5)nc4)ncn3)cccc12. The molecule has 3 aromatic heterocycles. The zero-order chi connectivity index (χ0) is 29.6. The van der Waals surface area contributed by atoms with E-state index >= 15 is 0 Å². The van der Waals surface area contributed by atoms with Gasteiger partial charge in [0.05, 0.1) is 29.5 Å². The van der Waals surface area contributed by atoms with Crippen LogP contribution in [0.15, 0.2) is 49.2 Å². The molecule has 1 saturated heterocycles. The lowest BCUT2D eigenvalue weighted by atomic mass is 9.96. The summed E-state index contributed by atoms with van der Waals surface area (Å²) in [5.74, 6) is -0.125. The molecule has 0 saturated carbocycles. The minimum Gasteiger partial charge on any atom is -0.369 e. The van der Waals surface area contributed by atoms with Crippen LogP contribution in [-0.2, 0) is 0 Å². The summed E-state index contributed by atoms with van der Waals surface area (Å²) >= 11 is 0. The van der Waals surface area contributed by atoms with Crippen LogP contribution in [0.2, 0.25) is 0 Å². The van der Waals surface area contributed by atoms with Crippen LogP contribution in [0, 0.1) is 5.82 Å². The maximum atomic E-state index is 14.4. The van der Waals surface area contributed by atoms with Crippen molar-refractivity contribution in [2.75, 3.05) is 43.9 Å². The molecule has 1 aromatic carbocycles. The summed E-state index contributed by atoms with van der Waals surface area (Å²) in [5.41, 5.74) is 2.77. The number of para-hydroxylation sites is 1.